The van der Waals surface area contributed by atoms with Gasteiger partial charge in [0.2, 0.25) is 10.0 Å². The standard InChI is InChI=1S/C20H18F6N6O2S/c1-2-35(33,34)32-18-12(4-3-7-27-18)9-28-15-8-17(30-11-14(15)19(21,22)23)31-13-5-6-16(29-10-13)20(24,25)26/h3-8,10-11H,2,9H2,1H3,(H,27,32)(H2,28,30,31). The molecule has 3 aromatic rings. The summed E-state index contributed by atoms with van der Waals surface area (Å²) in [5, 5.41) is 5.19. The van der Waals surface area contributed by atoms with Crippen LogP contribution in [0.4, 0.5) is 49.4 Å². The molecule has 0 unspecified atom stereocenters. The number of nitrogens with zero attached hydrogens (tertiary/aromatic N) is 3. The maximum Gasteiger partial charge on any atom is 0.433 e. The molecular formula is C20H18F6N6O2S. The maximum atomic E-state index is 13.5. The predicted octanol–water partition coefficient (Wildman–Crippen LogP) is 5.03. The van der Waals surface area contributed by atoms with Gasteiger partial charge in [0, 0.05) is 30.6 Å². The van der Waals surface area contributed by atoms with E-state index in [0.717, 1.165) is 18.3 Å². The van der Waals surface area contributed by atoms with E-state index >= 15 is 0 Å². The minimum absolute atomic E-state index is 0.0429. The van der Waals surface area contributed by atoms with Crippen molar-refractivity contribution in [1.82, 2.24) is 15.0 Å². The minimum atomic E-state index is -4.77. The van der Waals surface area contributed by atoms with E-state index in [-0.39, 0.29) is 35.2 Å². The van der Waals surface area contributed by atoms with Crippen molar-refractivity contribution in [3.05, 3.63) is 65.7 Å². The molecule has 0 aliphatic rings. The fourth-order valence-electron chi connectivity index (χ4n) is 2.76. The molecule has 0 aliphatic carbocycles. The van der Waals surface area contributed by atoms with Crippen LogP contribution >= 0.6 is 0 Å². The quantitative estimate of drug-likeness (QED) is 0.358. The van der Waals surface area contributed by atoms with E-state index in [1.807, 2.05) is 0 Å². The number of halogens is 6. The fourth-order valence-corrected chi connectivity index (χ4v) is 3.39. The van der Waals surface area contributed by atoms with E-state index in [4.69, 9.17) is 0 Å². The molecule has 0 amide bonds. The van der Waals surface area contributed by atoms with Crippen molar-refractivity contribution in [3.8, 4) is 0 Å². The van der Waals surface area contributed by atoms with E-state index in [1.54, 1.807) is 0 Å². The van der Waals surface area contributed by atoms with Crippen LogP contribution in [-0.2, 0) is 28.9 Å². The second-order valence-corrected chi connectivity index (χ2v) is 9.05. The lowest BCUT2D eigenvalue weighted by Crippen LogP contribution is -2.18. The van der Waals surface area contributed by atoms with Crippen molar-refractivity contribution in [1.29, 1.82) is 0 Å². The lowest BCUT2D eigenvalue weighted by molar-refractivity contribution is -0.141. The number of aromatic nitrogens is 3. The third kappa shape index (κ3) is 6.94. The summed E-state index contributed by atoms with van der Waals surface area (Å²) in [6.07, 6.45) is -6.65. The SMILES string of the molecule is CCS(=O)(=O)Nc1ncccc1CNc1cc(Nc2ccc(C(F)(F)F)nc2)ncc1C(F)(F)F. The Kier molecular flexibility index (Phi) is 7.38. The molecule has 8 nitrogen and oxygen atoms in total. The molecule has 0 spiro atoms. The normalized spacial score (nSPS) is 12.3. The highest BCUT2D eigenvalue weighted by Gasteiger charge is 2.34. The van der Waals surface area contributed by atoms with Gasteiger partial charge in [-0.3, -0.25) is 4.72 Å². The van der Waals surface area contributed by atoms with Gasteiger partial charge >= 0.3 is 12.4 Å². The minimum Gasteiger partial charge on any atom is -0.380 e. The van der Waals surface area contributed by atoms with Crippen LogP contribution < -0.4 is 15.4 Å². The lowest BCUT2D eigenvalue weighted by atomic mass is 10.2. The molecule has 0 aliphatic heterocycles. The molecule has 0 fully saturated rings. The Bertz CT molecular complexity index is 1280. The molecular weight excluding hydrogens is 502 g/mol. The van der Waals surface area contributed by atoms with Gasteiger partial charge in [-0.25, -0.2) is 23.4 Å². The first-order chi connectivity index (χ1) is 16.3. The number of sulfonamides is 1. The topological polar surface area (TPSA) is 109 Å². The van der Waals surface area contributed by atoms with Crippen LogP contribution in [0, 0.1) is 0 Å². The number of rotatable bonds is 8. The molecule has 3 aromatic heterocycles. The summed E-state index contributed by atoms with van der Waals surface area (Å²) in [4.78, 5) is 10.9. The van der Waals surface area contributed by atoms with E-state index in [9.17, 15) is 34.8 Å². The van der Waals surface area contributed by atoms with Crippen LogP contribution in [0.2, 0.25) is 0 Å². The molecule has 0 saturated heterocycles. The molecule has 0 radical (unpaired) electrons. The molecule has 15 heteroatoms. The third-order valence-electron chi connectivity index (χ3n) is 4.53. The number of hydrogen-bond donors (Lipinski definition) is 3. The van der Waals surface area contributed by atoms with E-state index in [1.165, 1.54) is 25.3 Å². The highest BCUT2D eigenvalue weighted by molar-refractivity contribution is 7.92. The maximum absolute atomic E-state index is 13.5. The third-order valence-corrected chi connectivity index (χ3v) is 5.79. The molecule has 3 N–H and O–H groups in total. The second kappa shape index (κ2) is 9.93. The van der Waals surface area contributed by atoms with Crippen molar-refractivity contribution >= 4 is 33.0 Å². The molecule has 0 atom stereocenters. The van der Waals surface area contributed by atoms with Crippen LogP contribution in [0.15, 0.2) is 48.9 Å². The highest BCUT2D eigenvalue weighted by atomic mass is 32.2. The molecule has 188 valence electrons. The van der Waals surface area contributed by atoms with Crippen LogP contribution in [0.5, 0.6) is 0 Å². The fraction of sp³-hybridized carbons (Fsp3) is 0.250. The summed E-state index contributed by atoms with van der Waals surface area (Å²) < 4.78 is 105. The van der Waals surface area contributed by atoms with Gasteiger partial charge in [-0.15, -0.1) is 0 Å². The van der Waals surface area contributed by atoms with Gasteiger partial charge in [0.05, 0.1) is 28.9 Å². The number of alkyl halides is 6. The first-order valence-electron chi connectivity index (χ1n) is 9.84. The summed E-state index contributed by atoms with van der Waals surface area (Å²) in [5.41, 5.74) is -2.29. The average Bonchev–Trinajstić information content (AvgIpc) is 2.77. The Balaban J connectivity index is 1.86. The summed E-state index contributed by atoms with van der Waals surface area (Å²) in [7, 11) is -3.68. The summed E-state index contributed by atoms with van der Waals surface area (Å²) >= 11 is 0. The largest absolute Gasteiger partial charge is 0.433 e. The predicted molar refractivity (Wildman–Crippen MR) is 116 cm³/mol. The van der Waals surface area contributed by atoms with Crippen molar-refractivity contribution in [2.75, 3.05) is 21.1 Å². The van der Waals surface area contributed by atoms with Crippen molar-refractivity contribution < 1.29 is 34.8 Å². The smallest absolute Gasteiger partial charge is 0.380 e. The molecule has 0 bridgehead atoms. The van der Waals surface area contributed by atoms with Crippen LogP contribution in [0.1, 0.15) is 23.7 Å². The first-order valence-corrected chi connectivity index (χ1v) is 11.5. The summed E-state index contributed by atoms with van der Waals surface area (Å²) in [6.45, 7) is 1.18. The number of anilines is 4. The second-order valence-electron chi connectivity index (χ2n) is 7.04. The van der Waals surface area contributed by atoms with Gasteiger partial charge < -0.3 is 10.6 Å². The summed E-state index contributed by atoms with van der Waals surface area (Å²) in [5.74, 6) is -0.369. The number of nitrogens with one attached hydrogen (secondary N) is 3. The van der Waals surface area contributed by atoms with Crippen molar-refractivity contribution in [3.63, 3.8) is 0 Å². The van der Waals surface area contributed by atoms with Gasteiger partial charge in [-0.05, 0) is 25.1 Å². The highest BCUT2D eigenvalue weighted by Crippen LogP contribution is 2.36. The monoisotopic (exact) mass is 520 g/mol. The molecule has 0 saturated carbocycles. The van der Waals surface area contributed by atoms with Gasteiger partial charge in [-0.2, -0.15) is 26.3 Å². The van der Waals surface area contributed by atoms with Crippen molar-refractivity contribution in [2.24, 2.45) is 0 Å². The molecule has 3 heterocycles. The van der Waals surface area contributed by atoms with Crippen molar-refractivity contribution in [2.45, 2.75) is 25.8 Å². The Hall–Kier alpha value is -3.62. The van der Waals surface area contributed by atoms with E-state index < -0.39 is 39.3 Å². The van der Waals surface area contributed by atoms with Crippen LogP contribution in [0.25, 0.3) is 0 Å². The van der Waals surface area contributed by atoms with Crippen LogP contribution in [-0.4, -0.2) is 29.1 Å². The Morgan fingerprint density at radius 1 is 0.943 bits per heavy atom. The summed E-state index contributed by atoms with van der Waals surface area (Å²) in [6, 6.07) is 5.77. The van der Waals surface area contributed by atoms with Gasteiger partial charge in [0.25, 0.3) is 0 Å². The molecule has 3 rings (SSSR count). The molecule has 35 heavy (non-hydrogen) atoms. The lowest BCUT2D eigenvalue weighted by Gasteiger charge is -2.17. The van der Waals surface area contributed by atoms with Gasteiger partial charge in [0.1, 0.15) is 17.3 Å². The zero-order valence-electron chi connectivity index (χ0n) is 17.9. The van der Waals surface area contributed by atoms with E-state index in [0.29, 0.717) is 12.3 Å². The Labute approximate surface area is 195 Å². The van der Waals surface area contributed by atoms with E-state index in [2.05, 4.69) is 30.3 Å². The molecule has 0 aromatic carbocycles. The Morgan fingerprint density at radius 2 is 1.69 bits per heavy atom. The van der Waals surface area contributed by atoms with Gasteiger partial charge in [0.15, 0.2) is 0 Å². The number of pyridine rings is 3. The Morgan fingerprint density at radius 3 is 2.29 bits per heavy atom. The first kappa shape index (κ1) is 26.0. The zero-order chi connectivity index (χ0) is 25.9. The zero-order valence-corrected chi connectivity index (χ0v) is 18.7. The van der Waals surface area contributed by atoms with Gasteiger partial charge in [-0.1, -0.05) is 6.07 Å². The average molecular weight is 520 g/mol. The van der Waals surface area contributed by atoms with Crippen LogP contribution in [0.3, 0.4) is 0 Å². The number of hydrogen-bond acceptors (Lipinski definition) is 7.